The summed E-state index contributed by atoms with van der Waals surface area (Å²) in [4.78, 5) is 15.5. The highest BCUT2D eigenvalue weighted by atomic mass is 16.1. The van der Waals surface area contributed by atoms with Gasteiger partial charge in [0.25, 0.3) is 0 Å². The van der Waals surface area contributed by atoms with Crippen molar-refractivity contribution in [3.63, 3.8) is 0 Å². The number of aldehydes is 1. The van der Waals surface area contributed by atoms with E-state index < -0.39 is 0 Å². The Kier molecular flexibility index (Phi) is 3.07. The van der Waals surface area contributed by atoms with E-state index in [1.807, 2.05) is 42.6 Å². The molecule has 0 bridgehead atoms. The second-order valence-electron chi connectivity index (χ2n) is 4.54. The van der Waals surface area contributed by atoms with E-state index in [-0.39, 0.29) is 0 Å². The second kappa shape index (κ2) is 5.02. The Morgan fingerprint density at radius 1 is 0.947 bits per heavy atom. The van der Waals surface area contributed by atoms with Crippen LogP contribution in [0.15, 0.2) is 60.8 Å². The molecule has 0 aliphatic heterocycles. The number of hydrogen-bond donors (Lipinski definition) is 0. The molecule has 19 heavy (non-hydrogen) atoms. The van der Waals surface area contributed by atoms with Gasteiger partial charge in [-0.05, 0) is 29.7 Å². The van der Waals surface area contributed by atoms with Crippen molar-refractivity contribution in [1.82, 2.24) is 4.98 Å². The Morgan fingerprint density at radius 2 is 1.79 bits per heavy atom. The van der Waals surface area contributed by atoms with Crippen LogP contribution in [-0.2, 0) is 6.42 Å². The molecule has 0 atom stereocenters. The maximum Gasteiger partial charge on any atom is 0.150 e. The van der Waals surface area contributed by atoms with E-state index in [9.17, 15) is 4.79 Å². The number of benzene rings is 2. The third kappa shape index (κ3) is 2.38. The van der Waals surface area contributed by atoms with Crippen LogP contribution in [0.4, 0.5) is 0 Å². The molecule has 0 aliphatic rings. The van der Waals surface area contributed by atoms with Crippen LogP contribution < -0.4 is 0 Å². The highest BCUT2D eigenvalue weighted by Crippen LogP contribution is 2.18. The van der Waals surface area contributed by atoms with E-state index in [1.165, 1.54) is 5.56 Å². The lowest BCUT2D eigenvalue weighted by Crippen LogP contribution is -1.92. The van der Waals surface area contributed by atoms with Crippen molar-refractivity contribution in [2.24, 2.45) is 0 Å². The molecule has 2 heteroatoms. The van der Waals surface area contributed by atoms with Crippen molar-refractivity contribution in [2.45, 2.75) is 6.42 Å². The summed E-state index contributed by atoms with van der Waals surface area (Å²) in [6, 6.07) is 17.9. The molecule has 2 nitrogen and oxygen atoms in total. The van der Waals surface area contributed by atoms with E-state index in [4.69, 9.17) is 0 Å². The Balaban J connectivity index is 2.04. The molecular weight excluding hydrogens is 234 g/mol. The number of rotatable bonds is 3. The van der Waals surface area contributed by atoms with Crippen LogP contribution in [0.1, 0.15) is 21.5 Å². The van der Waals surface area contributed by atoms with Crippen LogP contribution in [0.5, 0.6) is 0 Å². The van der Waals surface area contributed by atoms with Crippen LogP contribution >= 0.6 is 0 Å². The van der Waals surface area contributed by atoms with Crippen LogP contribution in [-0.4, -0.2) is 11.3 Å². The van der Waals surface area contributed by atoms with Gasteiger partial charge >= 0.3 is 0 Å². The SMILES string of the molecule is O=Cc1cccc2ncc(Cc3ccccc3)cc12. The number of pyridine rings is 1. The van der Waals surface area contributed by atoms with Gasteiger partial charge in [-0.3, -0.25) is 9.78 Å². The normalized spacial score (nSPS) is 10.5. The molecule has 1 aromatic heterocycles. The first-order valence-corrected chi connectivity index (χ1v) is 6.23. The lowest BCUT2D eigenvalue weighted by atomic mass is 10.0. The monoisotopic (exact) mass is 247 g/mol. The summed E-state index contributed by atoms with van der Waals surface area (Å²) < 4.78 is 0. The smallest absolute Gasteiger partial charge is 0.150 e. The fourth-order valence-corrected chi connectivity index (χ4v) is 2.25. The number of aromatic nitrogens is 1. The van der Waals surface area contributed by atoms with Crippen molar-refractivity contribution in [2.75, 3.05) is 0 Å². The lowest BCUT2D eigenvalue weighted by Gasteiger charge is -2.05. The lowest BCUT2D eigenvalue weighted by molar-refractivity contribution is 0.112. The molecule has 0 fully saturated rings. The summed E-state index contributed by atoms with van der Waals surface area (Å²) in [5.41, 5.74) is 3.92. The molecule has 0 aliphatic carbocycles. The predicted molar refractivity (Wildman–Crippen MR) is 76.4 cm³/mol. The molecule has 1 heterocycles. The van der Waals surface area contributed by atoms with Crippen molar-refractivity contribution >= 4 is 17.2 Å². The zero-order valence-corrected chi connectivity index (χ0v) is 10.4. The fraction of sp³-hybridized carbons (Fsp3) is 0.0588. The maximum absolute atomic E-state index is 11.1. The molecule has 0 saturated carbocycles. The van der Waals surface area contributed by atoms with E-state index in [1.54, 1.807) is 0 Å². The molecule has 3 aromatic rings. The zero-order valence-electron chi connectivity index (χ0n) is 10.4. The highest BCUT2D eigenvalue weighted by Gasteiger charge is 2.03. The van der Waals surface area contributed by atoms with Gasteiger partial charge in [0.1, 0.15) is 0 Å². The molecular formula is C17H13NO. The summed E-state index contributed by atoms with van der Waals surface area (Å²) in [5.74, 6) is 0. The minimum atomic E-state index is 0.694. The third-order valence-corrected chi connectivity index (χ3v) is 3.19. The largest absolute Gasteiger partial charge is 0.298 e. The van der Waals surface area contributed by atoms with E-state index in [0.717, 1.165) is 29.2 Å². The van der Waals surface area contributed by atoms with Gasteiger partial charge in [-0.1, -0.05) is 42.5 Å². The second-order valence-corrected chi connectivity index (χ2v) is 4.54. The van der Waals surface area contributed by atoms with Crippen LogP contribution in [0.25, 0.3) is 10.9 Å². The van der Waals surface area contributed by atoms with Crippen LogP contribution in [0, 0.1) is 0 Å². The van der Waals surface area contributed by atoms with Crippen molar-refractivity contribution in [3.05, 3.63) is 77.5 Å². The predicted octanol–water partition coefficient (Wildman–Crippen LogP) is 3.64. The van der Waals surface area contributed by atoms with Gasteiger partial charge in [-0.2, -0.15) is 0 Å². The molecule has 0 unspecified atom stereocenters. The standard InChI is InChI=1S/C17H13NO/c19-12-15-7-4-8-17-16(15)10-14(11-18-17)9-13-5-2-1-3-6-13/h1-8,10-12H,9H2. The topological polar surface area (TPSA) is 30.0 Å². The van der Waals surface area contributed by atoms with Gasteiger partial charge in [0.15, 0.2) is 6.29 Å². The molecule has 0 saturated heterocycles. The van der Waals surface area contributed by atoms with Crippen molar-refractivity contribution < 1.29 is 4.79 Å². The molecule has 0 radical (unpaired) electrons. The van der Waals surface area contributed by atoms with E-state index in [0.29, 0.717) is 5.56 Å². The average Bonchev–Trinajstić information content (AvgIpc) is 2.47. The number of carbonyl (C=O) groups excluding carboxylic acids is 1. The van der Waals surface area contributed by atoms with Crippen molar-refractivity contribution in [3.8, 4) is 0 Å². The number of hydrogen-bond acceptors (Lipinski definition) is 2. The Bertz CT molecular complexity index is 720. The van der Waals surface area contributed by atoms with E-state index in [2.05, 4.69) is 23.2 Å². The van der Waals surface area contributed by atoms with Gasteiger partial charge in [-0.25, -0.2) is 0 Å². The number of nitrogens with zero attached hydrogens (tertiary/aromatic N) is 1. The first-order valence-electron chi connectivity index (χ1n) is 6.23. The first-order chi connectivity index (χ1) is 9.36. The molecule has 92 valence electrons. The Morgan fingerprint density at radius 3 is 2.58 bits per heavy atom. The number of carbonyl (C=O) groups is 1. The minimum absolute atomic E-state index is 0.694. The first kappa shape index (κ1) is 11.6. The van der Waals surface area contributed by atoms with E-state index >= 15 is 0 Å². The Hall–Kier alpha value is -2.48. The summed E-state index contributed by atoms with van der Waals surface area (Å²) >= 11 is 0. The minimum Gasteiger partial charge on any atom is -0.298 e. The van der Waals surface area contributed by atoms with Crippen molar-refractivity contribution in [1.29, 1.82) is 0 Å². The molecule has 2 aromatic carbocycles. The summed E-state index contributed by atoms with van der Waals surface area (Å²) in [5, 5.41) is 0.922. The van der Waals surface area contributed by atoms with Gasteiger partial charge < -0.3 is 0 Å². The quantitative estimate of drug-likeness (QED) is 0.661. The molecule has 3 rings (SSSR count). The Labute approximate surface area is 111 Å². The zero-order chi connectivity index (χ0) is 13.1. The summed E-state index contributed by atoms with van der Waals surface area (Å²) in [6.45, 7) is 0. The maximum atomic E-state index is 11.1. The third-order valence-electron chi connectivity index (χ3n) is 3.19. The number of fused-ring (bicyclic) bond motifs is 1. The highest BCUT2D eigenvalue weighted by molar-refractivity contribution is 5.96. The summed E-state index contributed by atoms with van der Waals surface area (Å²) in [7, 11) is 0. The molecule has 0 spiro atoms. The van der Waals surface area contributed by atoms with Gasteiger partial charge in [0, 0.05) is 17.1 Å². The van der Waals surface area contributed by atoms with Gasteiger partial charge in [-0.15, -0.1) is 0 Å². The molecule has 0 amide bonds. The summed E-state index contributed by atoms with van der Waals surface area (Å²) in [6.07, 6.45) is 3.59. The van der Waals surface area contributed by atoms with Crippen LogP contribution in [0.3, 0.4) is 0 Å². The average molecular weight is 247 g/mol. The van der Waals surface area contributed by atoms with Crippen LogP contribution in [0.2, 0.25) is 0 Å². The van der Waals surface area contributed by atoms with Gasteiger partial charge in [0.2, 0.25) is 0 Å². The molecule has 0 N–H and O–H groups in total. The fourth-order valence-electron chi connectivity index (χ4n) is 2.25. The van der Waals surface area contributed by atoms with Gasteiger partial charge in [0.05, 0.1) is 5.52 Å².